The average Bonchev–Trinajstić information content (AvgIpc) is 2.48. The fourth-order valence-electron chi connectivity index (χ4n) is 1.86. The van der Waals surface area contributed by atoms with E-state index in [1.165, 1.54) is 0 Å². The molecule has 0 bridgehead atoms. The van der Waals surface area contributed by atoms with Crippen LogP contribution in [0.3, 0.4) is 0 Å². The summed E-state index contributed by atoms with van der Waals surface area (Å²) in [7, 11) is 1.73. The largest absolute Gasteiger partial charge is 0.455 e. The van der Waals surface area contributed by atoms with Crippen molar-refractivity contribution in [2.24, 2.45) is 5.73 Å². The number of para-hydroxylation sites is 3. The topological polar surface area (TPSA) is 55.6 Å². The molecule has 4 heteroatoms. The van der Waals surface area contributed by atoms with Crippen molar-refractivity contribution in [3.05, 3.63) is 54.6 Å². The number of nitrogens with zero attached hydrogens (tertiary/aromatic N) is 1. The maximum absolute atomic E-state index is 11.9. The lowest BCUT2D eigenvalue weighted by molar-refractivity contribution is -0.118. The van der Waals surface area contributed by atoms with Crippen LogP contribution in [0.2, 0.25) is 0 Å². The zero-order chi connectivity index (χ0) is 14.4. The van der Waals surface area contributed by atoms with Gasteiger partial charge in [0.2, 0.25) is 5.91 Å². The number of anilines is 1. The molecule has 0 saturated carbocycles. The molecule has 0 heterocycles. The van der Waals surface area contributed by atoms with Gasteiger partial charge in [0.05, 0.1) is 5.69 Å². The third kappa shape index (κ3) is 3.36. The standard InChI is InChI=1S/C16H18N2O2/c1-18(16(19)11-12-17)14-9-5-6-10-15(14)20-13-7-3-2-4-8-13/h2-10H,11-12,17H2,1H3. The Labute approximate surface area is 118 Å². The van der Waals surface area contributed by atoms with Crippen molar-refractivity contribution in [1.82, 2.24) is 0 Å². The van der Waals surface area contributed by atoms with E-state index in [-0.39, 0.29) is 5.91 Å². The first-order valence-corrected chi connectivity index (χ1v) is 6.51. The third-order valence-electron chi connectivity index (χ3n) is 2.93. The lowest BCUT2D eigenvalue weighted by Gasteiger charge is -2.20. The van der Waals surface area contributed by atoms with Gasteiger partial charge in [-0.1, -0.05) is 30.3 Å². The van der Waals surface area contributed by atoms with Crippen LogP contribution >= 0.6 is 0 Å². The van der Waals surface area contributed by atoms with Gasteiger partial charge in [0, 0.05) is 20.0 Å². The first kappa shape index (κ1) is 14.1. The number of carbonyl (C=O) groups is 1. The Morgan fingerprint density at radius 1 is 1.10 bits per heavy atom. The van der Waals surface area contributed by atoms with Gasteiger partial charge in [-0.2, -0.15) is 0 Å². The first-order chi connectivity index (χ1) is 9.72. The molecule has 2 aromatic rings. The Bertz CT molecular complexity index is 570. The molecule has 20 heavy (non-hydrogen) atoms. The highest BCUT2D eigenvalue weighted by Gasteiger charge is 2.14. The number of rotatable bonds is 5. The van der Waals surface area contributed by atoms with Crippen molar-refractivity contribution in [2.45, 2.75) is 6.42 Å². The minimum Gasteiger partial charge on any atom is -0.455 e. The molecule has 2 N–H and O–H groups in total. The second kappa shape index (κ2) is 6.73. The molecule has 2 rings (SSSR count). The van der Waals surface area contributed by atoms with Gasteiger partial charge in [-0.05, 0) is 24.3 Å². The second-order valence-corrected chi connectivity index (χ2v) is 4.37. The quantitative estimate of drug-likeness (QED) is 0.909. The Morgan fingerprint density at radius 3 is 2.45 bits per heavy atom. The Kier molecular flexibility index (Phi) is 4.74. The zero-order valence-corrected chi connectivity index (χ0v) is 11.5. The Morgan fingerprint density at radius 2 is 1.75 bits per heavy atom. The van der Waals surface area contributed by atoms with Gasteiger partial charge in [-0.25, -0.2) is 0 Å². The van der Waals surface area contributed by atoms with Crippen LogP contribution in [0.5, 0.6) is 11.5 Å². The zero-order valence-electron chi connectivity index (χ0n) is 11.5. The summed E-state index contributed by atoms with van der Waals surface area (Å²) in [6.07, 6.45) is 0.316. The predicted molar refractivity (Wildman–Crippen MR) is 80.0 cm³/mol. The summed E-state index contributed by atoms with van der Waals surface area (Å²) in [6, 6.07) is 16.9. The van der Waals surface area contributed by atoms with E-state index in [1.807, 2.05) is 54.6 Å². The minimum atomic E-state index is -0.0309. The molecular weight excluding hydrogens is 252 g/mol. The molecule has 4 nitrogen and oxygen atoms in total. The van der Waals surface area contributed by atoms with E-state index in [0.717, 1.165) is 11.4 Å². The van der Waals surface area contributed by atoms with Gasteiger partial charge in [-0.3, -0.25) is 4.79 Å². The lowest BCUT2D eigenvalue weighted by atomic mass is 10.2. The van der Waals surface area contributed by atoms with Crippen molar-refractivity contribution in [2.75, 3.05) is 18.5 Å². The highest BCUT2D eigenvalue weighted by atomic mass is 16.5. The van der Waals surface area contributed by atoms with Crippen molar-refractivity contribution in [3.63, 3.8) is 0 Å². The molecule has 0 saturated heterocycles. The number of hydrogen-bond acceptors (Lipinski definition) is 3. The third-order valence-corrected chi connectivity index (χ3v) is 2.93. The van der Waals surface area contributed by atoms with E-state index >= 15 is 0 Å². The molecule has 104 valence electrons. The SMILES string of the molecule is CN(C(=O)CCN)c1ccccc1Oc1ccccc1. The molecule has 0 atom stereocenters. The molecule has 0 aromatic heterocycles. The molecule has 0 spiro atoms. The van der Waals surface area contributed by atoms with Crippen LogP contribution in [-0.4, -0.2) is 19.5 Å². The second-order valence-electron chi connectivity index (χ2n) is 4.37. The molecule has 2 aromatic carbocycles. The predicted octanol–water partition coefficient (Wildman–Crippen LogP) is 2.79. The fourth-order valence-corrected chi connectivity index (χ4v) is 1.86. The summed E-state index contributed by atoms with van der Waals surface area (Å²) < 4.78 is 5.83. The van der Waals surface area contributed by atoms with Crippen molar-refractivity contribution in [1.29, 1.82) is 0 Å². The molecule has 0 fully saturated rings. The molecule has 0 radical (unpaired) electrons. The number of benzene rings is 2. The average molecular weight is 270 g/mol. The molecular formula is C16H18N2O2. The molecule has 0 aliphatic carbocycles. The number of hydrogen-bond donors (Lipinski definition) is 1. The Hall–Kier alpha value is -2.33. The van der Waals surface area contributed by atoms with Crippen LogP contribution in [0.4, 0.5) is 5.69 Å². The van der Waals surface area contributed by atoms with Crippen molar-refractivity contribution in [3.8, 4) is 11.5 Å². The minimum absolute atomic E-state index is 0.0309. The van der Waals surface area contributed by atoms with Crippen molar-refractivity contribution >= 4 is 11.6 Å². The van der Waals surface area contributed by atoms with E-state index in [4.69, 9.17) is 10.5 Å². The van der Waals surface area contributed by atoms with Gasteiger partial charge >= 0.3 is 0 Å². The number of ether oxygens (including phenoxy) is 1. The number of carbonyl (C=O) groups excluding carboxylic acids is 1. The normalized spacial score (nSPS) is 10.1. The van der Waals surface area contributed by atoms with Gasteiger partial charge in [0.25, 0.3) is 0 Å². The van der Waals surface area contributed by atoms with Crippen LogP contribution in [0.25, 0.3) is 0 Å². The summed E-state index contributed by atoms with van der Waals surface area (Å²) in [5.41, 5.74) is 6.16. The van der Waals surface area contributed by atoms with Crippen LogP contribution in [0.1, 0.15) is 6.42 Å². The highest BCUT2D eigenvalue weighted by molar-refractivity contribution is 5.94. The molecule has 0 aliphatic heterocycles. The highest BCUT2D eigenvalue weighted by Crippen LogP contribution is 2.31. The van der Waals surface area contributed by atoms with E-state index in [1.54, 1.807) is 11.9 Å². The van der Waals surface area contributed by atoms with Gasteiger partial charge < -0.3 is 15.4 Å². The smallest absolute Gasteiger partial charge is 0.228 e. The fraction of sp³-hybridized carbons (Fsp3) is 0.188. The monoisotopic (exact) mass is 270 g/mol. The van der Waals surface area contributed by atoms with E-state index in [2.05, 4.69) is 0 Å². The first-order valence-electron chi connectivity index (χ1n) is 6.51. The van der Waals surface area contributed by atoms with Crippen LogP contribution in [0, 0.1) is 0 Å². The van der Waals surface area contributed by atoms with Crippen LogP contribution < -0.4 is 15.4 Å². The lowest BCUT2D eigenvalue weighted by Crippen LogP contribution is -2.28. The van der Waals surface area contributed by atoms with Gasteiger partial charge in [0.15, 0.2) is 5.75 Å². The van der Waals surface area contributed by atoms with E-state index in [9.17, 15) is 4.79 Å². The molecule has 0 unspecified atom stereocenters. The van der Waals surface area contributed by atoms with Gasteiger partial charge in [0.1, 0.15) is 5.75 Å². The molecule has 0 aliphatic rings. The summed E-state index contributed by atoms with van der Waals surface area (Å²) in [4.78, 5) is 13.5. The summed E-state index contributed by atoms with van der Waals surface area (Å²) in [5.74, 6) is 1.35. The molecule has 1 amide bonds. The maximum Gasteiger partial charge on any atom is 0.228 e. The summed E-state index contributed by atoms with van der Waals surface area (Å²) in [6.45, 7) is 0.338. The number of nitrogens with two attached hydrogens (primary N) is 1. The van der Waals surface area contributed by atoms with Crippen LogP contribution in [0.15, 0.2) is 54.6 Å². The Balaban J connectivity index is 2.24. The van der Waals surface area contributed by atoms with Gasteiger partial charge in [-0.15, -0.1) is 0 Å². The van der Waals surface area contributed by atoms with Crippen LogP contribution in [-0.2, 0) is 4.79 Å². The van der Waals surface area contributed by atoms with E-state index < -0.39 is 0 Å². The van der Waals surface area contributed by atoms with E-state index in [0.29, 0.717) is 18.7 Å². The summed E-state index contributed by atoms with van der Waals surface area (Å²) in [5, 5.41) is 0. The number of amides is 1. The maximum atomic E-state index is 11.9. The summed E-state index contributed by atoms with van der Waals surface area (Å²) >= 11 is 0. The van der Waals surface area contributed by atoms with Crippen molar-refractivity contribution < 1.29 is 9.53 Å².